The lowest BCUT2D eigenvalue weighted by Gasteiger charge is -2.63. The maximum Gasteiger partial charge on any atom is 0.207 e. The van der Waals surface area contributed by atoms with Gasteiger partial charge in [-0.3, -0.25) is 0 Å². The largest absolute Gasteiger partial charge is 0.218 e. The van der Waals surface area contributed by atoms with E-state index in [4.69, 9.17) is 15.0 Å². The molecule has 4 bridgehead atoms. The van der Waals surface area contributed by atoms with Crippen LogP contribution in [-0.4, -0.2) is 23.4 Å². The monoisotopic (exact) mass is 763 g/mol. The highest BCUT2D eigenvalue weighted by atomic mass is 32.2. The summed E-state index contributed by atoms with van der Waals surface area (Å²) in [7, 11) is -3.67. The van der Waals surface area contributed by atoms with Crippen molar-refractivity contribution in [2.45, 2.75) is 47.3 Å². The van der Waals surface area contributed by atoms with Gasteiger partial charge in [0.1, 0.15) is 0 Å². The van der Waals surface area contributed by atoms with Gasteiger partial charge in [-0.25, -0.2) is 23.4 Å². The van der Waals surface area contributed by atoms with Gasteiger partial charge in [-0.05, 0) is 114 Å². The SMILES string of the molecule is O=S1(=O)c2ccccc2C2(c3cc(-c4cccc(-c5nc(-c6ccccc6)nc(-c6ccc7c(c6)sc6ccccc67)n5)c4)ccc31)C1CC3CC(C1)CC2C3. The molecule has 56 heavy (non-hydrogen) atoms. The third-order valence-corrected chi connectivity index (χ3v) is 16.5. The van der Waals surface area contributed by atoms with Crippen molar-refractivity contribution in [2.24, 2.45) is 23.7 Å². The van der Waals surface area contributed by atoms with E-state index in [2.05, 4.69) is 78.9 Å². The summed E-state index contributed by atoms with van der Waals surface area (Å²) in [5.74, 6) is 4.25. The number of hydrogen-bond donors (Lipinski definition) is 0. The number of nitrogens with zero attached hydrogens (tertiary/aromatic N) is 3. The maximum atomic E-state index is 14.4. The predicted molar refractivity (Wildman–Crippen MR) is 224 cm³/mol. The highest BCUT2D eigenvalue weighted by Gasteiger charge is 2.62. The van der Waals surface area contributed by atoms with E-state index >= 15 is 0 Å². The highest BCUT2D eigenvalue weighted by molar-refractivity contribution is 7.91. The van der Waals surface area contributed by atoms with Crippen LogP contribution in [0.3, 0.4) is 0 Å². The van der Waals surface area contributed by atoms with Gasteiger partial charge in [0, 0.05) is 42.3 Å². The summed E-state index contributed by atoms with van der Waals surface area (Å²) in [6.45, 7) is 0. The van der Waals surface area contributed by atoms with Crippen LogP contribution in [0.1, 0.15) is 43.2 Å². The Kier molecular flexibility index (Phi) is 7.01. The van der Waals surface area contributed by atoms with Crippen LogP contribution in [0.4, 0.5) is 0 Å². The number of rotatable bonds is 4. The fraction of sp³-hybridized carbons (Fsp3) is 0.204. The van der Waals surface area contributed by atoms with Crippen molar-refractivity contribution in [1.82, 2.24) is 15.0 Å². The molecule has 6 aromatic carbocycles. The molecule has 2 aromatic heterocycles. The first kappa shape index (κ1) is 32.7. The normalized spacial score (nSPS) is 24.1. The lowest BCUT2D eigenvalue weighted by atomic mass is 9.42. The van der Waals surface area contributed by atoms with Crippen molar-refractivity contribution < 1.29 is 8.42 Å². The van der Waals surface area contributed by atoms with E-state index < -0.39 is 9.84 Å². The van der Waals surface area contributed by atoms with Crippen LogP contribution in [0.5, 0.6) is 0 Å². The molecule has 1 spiro atoms. The average molecular weight is 764 g/mol. The third kappa shape index (κ3) is 4.71. The van der Waals surface area contributed by atoms with E-state index in [1.165, 1.54) is 52.3 Å². The zero-order valence-corrected chi connectivity index (χ0v) is 32.2. The standard InChI is InChI=1S/C49H37N3O2S2/c53-56(54)44-16-7-5-14-40(44)49(36-22-29-21-30(24-36)25-37(49)23-29)41-27-33(18-20-45(41)56)32-11-8-12-34(26-32)47-50-46(31-9-2-1-3-10-31)51-48(52-47)35-17-19-39-38-13-4-6-15-42(38)55-43(39)28-35/h1-20,26-30,36-37H,21-25H2. The third-order valence-electron chi connectivity index (χ3n) is 13.5. The second-order valence-corrected chi connectivity index (χ2v) is 19.4. The van der Waals surface area contributed by atoms with E-state index in [9.17, 15) is 8.42 Å². The van der Waals surface area contributed by atoms with Gasteiger partial charge in [0.05, 0.1) is 9.79 Å². The van der Waals surface area contributed by atoms with Gasteiger partial charge in [-0.2, -0.15) is 0 Å². The molecule has 4 saturated carbocycles. The lowest BCUT2D eigenvalue weighted by molar-refractivity contribution is -0.0446. The summed E-state index contributed by atoms with van der Waals surface area (Å²) in [6, 6.07) is 47.6. The summed E-state index contributed by atoms with van der Waals surface area (Å²) >= 11 is 1.78. The number of thiophene rings is 1. The molecule has 7 heteroatoms. The van der Waals surface area contributed by atoms with E-state index in [-0.39, 0.29) is 5.41 Å². The molecule has 1 aliphatic heterocycles. The van der Waals surface area contributed by atoms with Crippen molar-refractivity contribution >= 4 is 41.3 Å². The molecular weight excluding hydrogens is 727 g/mol. The molecule has 8 aromatic rings. The van der Waals surface area contributed by atoms with Crippen molar-refractivity contribution in [3.8, 4) is 45.3 Å². The van der Waals surface area contributed by atoms with Crippen molar-refractivity contribution in [2.75, 3.05) is 0 Å². The Morgan fingerprint density at radius 1 is 0.464 bits per heavy atom. The molecule has 5 aliphatic rings. The van der Waals surface area contributed by atoms with Gasteiger partial charge in [0.25, 0.3) is 0 Å². The lowest BCUT2D eigenvalue weighted by Crippen LogP contribution is -2.57. The Balaban J connectivity index is 1.00. The smallest absolute Gasteiger partial charge is 0.207 e. The first-order valence-corrected chi connectivity index (χ1v) is 22.1. The summed E-state index contributed by atoms with van der Waals surface area (Å²) < 4.78 is 31.2. The minimum atomic E-state index is -3.67. The van der Waals surface area contributed by atoms with Gasteiger partial charge in [-0.15, -0.1) is 11.3 Å². The number of fused-ring (bicyclic) bond motifs is 5. The van der Waals surface area contributed by atoms with Crippen LogP contribution >= 0.6 is 11.3 Å². The van der Waals surface area contributed by atoms with Crippen LogP contribution in [0, 0.1) is 23.7 Å². The Morgan fingerprint density at radius 3 is 1.82 bits per heavy atom. The molecule has 0 unspecified atom stereocenters. The maximum absolute atomic E-state index is 14.4. The molecule has 0 saturated heterocycles. The van der Waals surface area contributed by atoms with Gasteiger partial charge >= 0.3 is 0 Å². The van der Waals surface area contributed by atoms with Crippen molar-refractivity contribution in [1.29, 1.82) is 0 Å². The molecule has 272 valence electrons. The highest BCUT2D eigenvalue weighted by Crippen LogP contribution is 2.68. The molecule has 0 amide bonds. The summed E-state index contributed by atoms with van der Waals surface area (Å²) in [5, 5.41) is 2.49. The topological polar surface area (TPSA) is 72.8 Å². The number of aromatic nitrogens is 3. The molecule has 0 radical (unpaired) electrons. The van der Waals surface area contributed by atoms with Gasteiger partial charge in [-0.1, -0.05) is 103 Å². The Bertz CT molecular complexity index is 3000. The summed E-state index contributed by atoms with van der Waals surface area (Å²) in [4.78, 5) is 16.2. The molecule has 13 rings (SSSR count). The molecule has 5 nitrogen and oxygen atoms in total. The van der Waals surface area contributed by atoms with Crippen molar-refractivity contribution in [3.63, 3.8) is 0 Å². The molecule has 0 N–H and O–H groups in total. The van der Waals surface area contributed by atoms with Crippen LogP contribution in [0.2, 0.25) is 0 Å². The van der Waals surface area contributed by atoms with Gasteiger partial charge in [0.15, 0.2) is 17.5 Å². The average Bonchev–Trinajstić information content (AvgIpc) is 3.61. The molecular formula is C49H37N3O2S2. The van der Waals surface area contributed by atoms with Crippen LogP contribution in [0.15, 0.2) is 149 Å². The molecule has 4 aliphatic carbocycles. The van der Waals surface area contributed by atoms with E-state index in [0.717, 1.165) is 50.8 Å². The fourth-order valence-corrected chi connectivity index (χ4v) is 14.4. The Hall–Kier alpha value is -5.50. The minimum absolute atomic E-state index is 0.290. The second-order valence-electron chi connectivity index (χ2n) is 16.4. The Morgan fingerprint density at radius 2 is 1.04 bits per heavy atom. The van der Waals surface area contributed by atoms with E-state index in [1.807, 2.05) is 60.7 Å². The second kappa shape index (κ2) is 12.0. The first-order chi connectivity index (χ1) is 27.4. The summed E-state index contributed by atoms with van der Waals surface area (Å²) in [5.41, 5.74) is 6.53. The summed E-state index contributed by atoms with van der Waals surface area (Å²) in [6.07, 6.45) is 6.07. The first-order valence-electron chi connectivity index (χ1n) is 19.8. The molecule has 0 atom stereocenters. The van der Waals surface area contributed by atoms with Crippen molar-refractivity contribution in [3.05, 3.63) is 151 Å². The predicted octanol–water partition coefficient (Wildman–Crippen LogP) is 11.8. The van der Waals surface area contributed by atoms with Gasteiger partial charge < -0.3 is 0 Å². The van der Waals surface area contributed by atoms with Crippen LogP contribution < -0.4 is 0 Å². The Labute approximate surface area is 330 Å². The van der Waals surface area contributed by atoms with Gasteiger partial charge in [0.2, 0.25) is 9.84 Å². The number of sulfone groups is 1. The van der Waals surface area contributed by atoms with Crippen LogP contribution in [0.25, 0.3) is 65.5 Å². The fourth-order valence-electron chi connectivity index (χ4n) is 11.4. The molecule has 3 heterocycles. The van der Waals surface area contributed by atoms with Crippen LogP contribution in [-0.2, 0) is 15.3 Å². The zero-order valence-electron chi connectivity index (χ0n) is 30.6. The zero-order chi connectivity index (χ0) is 37.2. The number of benzene rings is 6. The number of hydrogen-bond acceptors (Lipinski definition) is 6. The van der Waals surface area contributed by atoms with E-state index in [0.29, 0.717) is 39.1 Å². The quantitative estimate of drug-likeness (QED) is 0.178. The molecule has 4 fully saturated rings. The van der Waals surface area contributed by atoms with E-state index in [1.54, 1.807) is 11.3 Å². The minimum Gasteiger partial charge on any atom is -0.218 e.